The Bertz CT molecular complexity index is 573. The molecule has 0 aromatic rings. The van der Waals surface area contributed by atoms with Crippen molar-refractivity contribution in [3.05, 3.63) is 0 Å². The molecule has 138 valence electrons. The standard InChI is InChI=1S/C18H27N3O4/c1-10(15(22)20-9-18(2)5-7-19-8-6-18)21-16(23)13-11-3-4-12(25-11)14(13)17(21)24/h10-14,19H,3-9H2,1-2H3,(H,20,22). The predicted octanol–water partition coefficient (Wildman–Crippen LogP) is 0.0432. The molecule has 0 aromatic carbocycles. The fourth-order valence-corrected chi connectivity index (χ4v) is 4.89. The molecule has 2 bridgehead atoms. The SMILES string of the molecule is CC(C(=O)NCC1(C)CCNCC1)N1C(=O)C2C3CCC(O3)C2C1=O. The molecule has 0 saturated carbocycles. The van der Waals surface area contributed by atoms with Crippen molar-refractivity contribution in [1.29, 1.82) is 0 Å². The van der Waals surface area contributed by atoms with Gasteiger partial charge in [0.05, 0.1) is 24.0 Å². The van der Waals surface area contributed by atoms with Crippen LogP contribution in [0.1, 0.15) is 39.5 Å². The number of piperidine rings is 1. The molecule has 5 atom stereocenters. The molecule has 7 nitrogen and oxygen atoms in total. The summed E-state index contributed by atoms with van der Waals surface area (Å²) in [6.45, 7) is 6.31. The lowest BCUT2D eigenvalue weighted by Gasteiger charge is -2.35. The van der Waals surface area contributed by atoms with Crippen LogP contribution in [0.5, 0.6) is 0 Å². The third kappa shape index (κ3) is 2.68. The fourth-order valence-electron chi connectivity index (χ4n) is 4.89. The third-order valence-electron chi connectivity index (χ3n) is 6.59. The normalized spacial score (nSPS) is 37.3. The molecule has 3 amide bonds. The molecule has 0 spiro atoms. The van der Waals surface area contributed by atoms with Crippen LogP contribution >= 0.6 is 0 Å². The van der Waals surface area contributed by atoms with E-state index in [-0.39, 0.29) is 47.2 Å². The highest BCUT2D eigenvalue weighted by Gasteiger charge is 2.63. The molecular weight excluding hydrogens is 322 g/mol. The number of likely N-dealkylation sites (tertiary alicyclic amines) is 1. The molecule has 4 aliphatic rings. The molecule has 4 fully saturated rings. The molecule has 4 saturated heterocycles. The van der Waals surface area contributed by atoms with Crippen LogP contribution in [0.3, 0.4) is 0 Å². The average Bonchev–Trinajstić information content (AvgIpc) is 3.27. The van der Waals surface area contributed by atoms with Crippen molar-refractivity contribution in [2.24, 2.45) is 17.3 Å². The summed E-state index contributed by atoms with van der Waals surface area (Å²) in [5.74, 6) is -1.43. The number of imide groups is 1. The Balaban J connectivity index is 1.40. The minimum atomic E-state index is -0.754. The van der Waals surface area contributed by atoms with Crippen LogP contribution in [0.2, 0.25) is 0 Å². The van der Waals surface area contributed by atoms with E-state index in [1.807, 2.05) is 0 Å². The zero-order valence-corrected chi connectivity index (χ0v) is 14.9. The van der Waals surface area contributed by atoms with Gasteiger partial charge in [0.15, 0.2) is 0 Å². The Morgan fingerprint density at radius 2 is 1.80 bits per heavy atom. The summed E-state index contributed by atoms with van der Waals surface area (Å²) < 4.78 is 5.73. The highest BCUT2D eigenvalue weighted by molar-refractivity contribution is 6.09. The summed E-state index contributed by atoms with van der Waals surface area (Å²) in [5.41, 5.74) is 0.0725. The fraction of sp³-hybridized carbons (Fsp3) is 0.833. The largest absolute Gasteiger partial charge is 0.373 e. The van der Waals surface area contributed by atoms with Gasteiger partial charge in [-0.1, -0.05) is 6.92 Å². The van der Waals surface area contributed by atoms with Crippen molar-refractivity contribution >= 4 is 17.7 Å². The average molecular weight is 349 g/mol. The zero-order chi connectivity index (χ0) is 17.8. The monoisotopic (exact) mass is 349 g/mol. The van der Waals surface area contributed by atoms with Crippen LogP contribution in [0, 0.1) is 17.3 Å². The number of hydrogen-bond acceptors (Lipinski definition) is 5. The summed E-state index contributed by atoms with van der Waals surface area (Å²) in [4.78, 5) is 39.3. The van der Waals surface area contributed by atoms with Gasteiger partial charge >= 0.3 is 0 Å². The van der Waals surface area contributed by atoms with E-state index >= 15 is 0 Å². The van der Waals surface area contributed by atoms with E-state index in [1.165, 1.54) is 4.90 Å². The number of carbonyl (C=O) groups is 3. The van der Waals surface area contributed by atoms with Gasteiger partial charge in [0.2, 0.25) is 17.7 Å². The van der Waals surface area contributed by atoms with Crippen molar-refractivity contribution < 1.29 is 19.1 Å². The number of hydrogen-bond donors (Lipinski definition) is 2. The second-order valence-corrected chi connectivity index (χ2v) is 8.34. The molecule has 25 heavy (non-hydrogen) atoms. The molecule has 4 heterocycles. The smallest absolute Gasteiger partial charge is 0.243 e. The molecule has 5 unspecified atom stereocenters. The number of carbonyl (C=O) groups excluding carboxylic acids is 3. The van der Waals surface area contributed by atoms with Gasteiger partial charge in [0.25, 0.3) is 0 Å². The van der Waals surface area contributed by atoms with Gasteiger partial charge in [-0.25, -0.2) is 0 Å². The Labute approximate surface area is 147 Å². The molecule has 2 N–H and O–H groups in total. The maximum atomic E-state index is 12.7. The molecule has 0 aromatic heterocycles. The van der Waals surface area contributed by atoms with Crippen LogP contribution < -0.4 is 10.6 Å². The summed E-state index contributed by atoms with van der Waals surface area (Å²) in [6, 6.07) is -0.754. The highest BCUT2D eigenvalue weighted by Crippen LogP contribution is 2.48. The van der Waals surface area contributed by atoms with Crippen molar-refractivity contribution in [3.63, 3.8) is 0 Å². The lowest BCUT2D eigenvalue weighted by Crippen LogP contribution is -2.51. The quantitative estimate of drug-likeness (QED) is 0.700. The van der Waals surface area contributed by atoms with Gasteiger partial charge in [0, 0.05) is 6.54 Å². The number of ether oxygens (including phenoxy) is 1. The number of nitrogens with one attached hydrogen (secondary N) is 2. The molecule has 4 rings (SSSR count). The maximum absolute atomic E-state index is 12.7. The van der Waals surface area contributed by atoms with Gasteiger partial charge in [-0.3, -0.25) is 19.3 Å². The number of nitrogens with zero attached hydrogens (tertiary/aromatic N) is 1. The predicted molar refractivity (Wildman–Crippen MR) is 89.4 cm³/mol. The second kappa shape index (κ2) is 6.06. The first-order valence-corrected chi connectivity index (χ1v) is 9.42. The molecule has 4 aliphatic heterocycles. The first-order chi connectivity index (χ1) is 11.9. The van der Waals surface area contributed by atoms with Crippen LogP contribution in [0.15, 0.2) is 0 Å². The summed E-state index contributed by atoms with van der Waals surface area (Å²) >= 11 is 0. The minimum Gasteiger partial charge on any atom is -0.373 e. The van der Waals surface area contributed by atoms with Crippen LogP contribution in [0.25, 0.3) is 0 Å². The Hall–Kier alpha value is -1.47. The van der Waals surface area contributed by atoms with E-state index in [1.54, 1.807) is 6.92 Å². The number of rotatable bonds is 4. The molecule has 0 aliphatic carbocycles. The summed E-state index contributed by atoms with van der Waals surface area (Å²) in [7, 11) is 0. The van der Waals surface area contributed by atoms with Gasteiger partial charge in [-0.2, -0.15) is 0 Å². The van der Waals surface area contributed by atoms with Gasteiger partial charge in [-0.15, -0.1) is 0 Å². The van der Waals surface area contributed by atoms with Gasteiger partial charge in [0.1, 0.15) is 6.04 Å². The first-order valence-electron chi connectivity index (χ1n) is 9.42. The summed E-state index contributed by atoms with van der Waals surface area (Å²) in [5, 5.41) is 6.29. The van der Waals surface area contributed by atoms with Crippen LogP contribution in [-0.4, -0.2) is 60.5 Å². The van der Waals surface area contributed by atoms with Crippen molar-refractivity contribution in [3.8, 4) is 0 Å². The maximum Gasteiger partial charge on any atom is 0.243 e. The minimum absolute atomic E-state index is 0.0725. The van der Waals surface area contributed by atoms with Crippen molar-refractivity contribution in [2.75, 3.05) is 19.6 Å². The molecular formula is C18H27N3O4. The van der Waals surface area contributed by atoms with Crippen LogP contribution in [0.4, 0.5) is 0 Å². The van der Waals surface area contributed by atoms with E-state index < -0.39 is 6.04 Å². The van der Waals surface area contributed by atoms with E-state index in [0.29, 0.717) is 6.54 Å². The first kappa shape index (κ1) is 17.0. The number of fused-ring (bicyclic) bond motifs is 5. The number of amides is 3. The van der Waals surface area contributed by atoms with E-state index in [0.717, 1.165) is 38.8 Å². The second-order valence-electron chi connectivity index (χ2n) is 8.34. The summed E-state index contributed by atoms with van der Waals surface area (Å²) in [6.07, 6.45) is 3.42. The van der Waals surface area contributed by atoms with E-state index in [4.69, 9.17) is 4.74 Å². The lowest BCUT2D eigenvalue weighted by atomic mass is 9.81. The van der Waals surface area contributed by atoms with E-state index in [2.05, 4.69) is 17.6 Å². The van der Waals surface area contributed by atoms with E-state index in [9.17, 15) is 14.4 Å². The topological polar surface area (TPSA) is 87.7 Å². The van der Waals surface area contributed by atoms with Crippen LogP contribution in [-0.2, 0) is 19.1 Å². The lowest BCUT2D eigenvalue weighted by molar-refractivity contribution is -0.149. The zero-order valence-electron chi connectivity index (χ0n) is 14.9. The van der Waals surface area contributed by atoms with Gasteiger partial charge in [-0.05, 0) is 51.1 Å². The highest BCUT2D eigenvalue weighted by atomic mass is 16.5. The Morgan fingerprint density at radius 3 is 2.36 bits per heavy atom. The van der Waals surface area contributed by atoms with Crippen molar-refractivity contribution in [2.45, 2.75) is 57.8 Å². The Morgan fingerprint density at radius 1 is 1.24 bits per heavy atom. The van der Waals surface area contributed by atoms with Gasteiger partial charge < -0.3 is 15.4 Å². The van der Waals surface area contributed by atoms with Crippen molar-refractivity contribution in [1.82, 2.24) is 15.5 Å². The Kier molecular flexibility index (Phi) is 4.11. The molecule has 0 radical (unpaired) electrons. The molecule has 7 heteroatoms. The third-order valence-corrected chi connectivity index (χ3v) is 6.59.